The molecule has 4 rings (SSSR count). The second-order valence-electron chi connectivity index (χ2n) is 13.5. The largest absolute Gasteiger partial charge is 0.299 e. The van der Waals surface area contributed by atoms with E-state index < -0.39 is 0 Å². The molecule has 0 N–H and O–H groups in total. The van der Waals surface area contributed by atoms with Crippen LogP contribution in [0, 0.1) is 39.4 Å². The first-order chi connectivity index (χ1) is 14.4. The van der Waals surface area contributed by atoms with Crippen LogP contribution in [0.25, 0.3) is 0 Å². The number of rotatable bonds is 4. The van der Waals surface area contributed by atoms with Gasteiger partial charge in [-0.15, -0.1) is 0 Å². The van der Waals surface area contributed by atoms with Gasteiger partial charge in [-0.1, -0.05) is 70.8 Å². The molecule has 0 heterocycles. The predicted octanol–water partition coefficient (Wildman–Crippen LogP) is 8.69. The van der Waals surface area contributed by atoms with E-state index in [0.717, 1.165) is 25.2 Å². The van der Waals surface area contributed by atoms with Crippen molar-refractivity contribution in [3.8, 4) is 0 Å². The minimum absolute atomic E-state index is 0.0860. The molecule has 2 saturated carbocycles. The fourth-order valence-corrected chi connectivity index (χ4v) is 9.40. The van der Waals surface area contributed by atoms with E-state index in [2.05, 4.69) is 61.5 Å². The van der Waals surface area contributed by atoms with Crippen LogP contribution in [-0.4, -0.2) is 5.78 Å². The van der Waals surface area contributed by atoms with Crippen LogP contribution in [0.4, 0.5) is 0 Å². The summed E-state index contributed by atoms with van der Waals surface area (Å²) in [4.78, 5) is 13.6. The summed E-state index contributed by atoms with van der Waals surface area (Å²) in [5.41, 5.74) is 6.00. The van der Waals surface area contributed by atoms with Crippen molar-refractivity contribution in [2.24, 2.45) is 39.4 Å². The van der Waals surface area contributed by atoms with Gasteiger partial charge in [0.25, 0.3) is 0 Å². The Labute approximate surface area is 192 Å². The van der Waals surface area contributed by atoms with E-state index >= 15 is 0 Å². The van der Waals surface area contributed by atoms with Crippen LogP contribution in [0.3, 0.4) is 0 Å². The lowest BCUT2D eigenvalue weighted by Crippen LogP contribution is -2.51. The zero-order valence-electron chi connectivity index (χ0n) is 21.8. The number of carbonyl (C=O) groups excluding carboxylic acids is 1. The van der Waals surface area contributed by atoms with Crippen LogP contribution >= 0.6 is 0 Å². The monoisotopic (exact) mass is 424 g/mol. The van der Waals surface area contributed by atoms with E-state index in [9.17, 15) is 4.79 Å². The van der Waals surface area contributed by atoms with Crippen molar-refractivity contribution in [1.29, 1.82) is 0 Å². The average molecular weight is 425 g/mol. The van der Waals surface area contributed by atoms with Gasteiger partial charge < -0.3 is 0 Å². The fraction of sp³-hybridized carbons (Fsp3) is 0.833. The van der Waals surface area contributed by atoms with Gasteiger partial charge >= 0.3 is 0 Å². The highest BCUT2D eigenvalue weighted by atomic mass is 16.1. The third kappa shape index (κ3) is 3.34. The smallest absolute Gasteiger partial charge is 0.137 e. The van der Waals surface area contributed by atoms with Gasteiger partial charge in [-0.3, -0.25) is 4.79 Å². The Morgan fingerprint density at radius 2 is 1.74 bits per heavy atom. The first-order valence-corrected chi connectivity index (χ1v) is 13.3. The topological polar surface area (TPSA) is 17.1 Å². The van der Waals surface area contributed by atoms with Gasteiger partial charge in [0.2, 0.25) is 0 Å². The lowest BCUT2D eigenvalue weighted by molar-refractivity contribution is -0.124. The van der Waals surface area contributed by atoms with E-state index in [1.165, 1.54) is 50.5 Å². The van der Waals surface area contributed by atoms with Gasteiger partial charge in [0.15, 0.2) is 0 Å². The van der Waals surface area contributed by atoms with Crippen molar-refractivity contribution in [1.82, 2.24) is 0 Å². The van der Waals surface area contributed by atoms with Gasteiger partial charge in [-0.2, -0.15) is 0 Å². The highest BCUT2D eigenvalue weighted by Crippen LogP contribution is 2.71. The second-order valence-corrected chi connectivity index (χ2v) is 13.5. The maximum Gasteiger partial charge on any atom is 0.137 e. The summed E-state index contributed by atoms with van der Waals surface area (Å²) in [6, 6.07) is 0. The SMILES string of the molecule is CC(C)=CCC[C@H](C)[C@@H]1C(=O)C[C@]2(C)C3=C(CC[C@@]12C)[C@@]1(C)CCCC(C)(C)[C@H]1CC3. The normalized spacial score (nSPS) is 42.5. The molecule has 4 aliphatic rings. The van der Waals surface area contributed by atoms with Crippen molar-refractivity contribution in [2.75, 3.05) is 0 Å². The maximum absolute atomic E-state index is 13.6. The standard InChI is InChI=1S/C30H48O/c1-20(2)11-9-12-21(3)26-24(31)19-30(8)23-13-14-25-27(4,5)16-10-17-28(25,6)22(23)15-18-29(26,30)7/h11,21,25-26H,9-10,12-19H2,1-8H3/t21-,25+,26+,28+,29-,30+/m0/s1. The second kappa shape index (κ2) is 7.59. The first-order valence-electron chi connectivity index (χ1n) is 13.3. The van der Waals surface area contributed by atoms with Crippen molar-refractivity contribution in [2.45, 2.75) is 120 Å². The Balaban J connectivity index is 1.69. The highest BCUT2D eigenvalue weighted by molar-refractivity contribution is 5.87. The van der Waals surface area contributed by atoms with E-state index in [1.807, 2.05) is 5.57 Å². The molecule has 0 saturated heterocycles. The Bertz CT molecular complexity index is 808. The number of ketones is 1. The molecule has 0 unspecified atom stereocenters. The molecule has 1 heteroatoms. The summed E-state index contributed by atoms with van der Waals surface area (Å²) in [6.07, 6.45) is 14.6. The van der Waals surface area contributed by atoms with Gasteiger partial charge in [-0.25, -0.2) is 0 Å². The molecule has 1 nitrogen and oxygen atoms in total. The lowest BCUT2D eigenvalue weighted by Gasteiger charge is -2.61. The zero-order chi connectivity index (χ0) is 22.8. The van der Waals surface area contributed by atoms with Crippen LogP contribution < -0.4 is 0 Å². The molecule has 2 fully saturated rings. The Kier molecular flexibility index (Phi) is 5.71. The molecule has 0 bridgehead atoms. The van der Waals surface area contributed by atoms with Crippen LogP contribution in [0.2, 0.25) is 0 Å². The van der Waals surface area contributed by atoms with Crippen LogP contribution in [0.5, 0.6) is 0 Å². The van der Waals surface area contributed by atoms with Crippen LogP contribution in [0.15, 0.2) is 22.8 Å². The molecule has 0 aliphatic heterocycles. The molecule has 31 heavy (non-hydrogen) atoms. The number of allylic oxidation sites excluding steroid dienone is 4. The average Bonchev–Trinajstić information content (AvgIpc) is 2.86. The quantitative estimate of drug-likeness (QED) is 0.412. The van der Waals surface area contributed by atoms with Crippen molar-refractivity contribution in [3.63, 3.8) is 0 Å². The van der Waals surface area contributed by atoms with E-state index in [4.69, 9.17) is 0 Å². The summed E-state index contributed by atoms with van der Waals surface area (Å²) < 4.78 is 0. The molecule has 0 aromatic heterocycles. The molecule has 0 radical (unpaired) electrons. The van der Waals surface area contributed by atoms with Gasteiger partial charge in [0.1, 0.15) is 5.78 Å². The minimum atomic E-state index is 0.0860. The van der Waals surface area contributed by atoms with E-state index in [-0.39, 0.29) is 16.7 Å². The molecular formula is C30H48O. The Morgan fingerprint density at radius 1 is 1.03 bits per heavy atom. The molecule has 0 aromatic carbocycles. The third-order valence-corrected chi connectivity index (χ3v) is 11.1. The van der Waals surface area contributed by atoms with Crippen molar-refractivity contribution in [3.05, 3.63) is 22.8 Å². The Hall–Kier alpha value is -0.850. The summed E-state index contributed by atoms with van der Waals surface area (Å²) in [5, 5.41) is 0. The minimum Gasteiger partial charge on any atom is -0.299 e. The summed E-state index contributed by atoms with van der Waals surface area (Å²) in [7, 11) is 0. The predicted molar refractivity (Wildman–Crippen MR) is 132 cm³/mol. The zero-order valence-corrected chi connectivity index (χ0v) is 21.8. The maximum atomic E-state index is 13.6. The van der Waals surface area contributed by atoms with E-state index in [0.29, 0.717) is 22.5 Å². The van der Waals surface area contributed by atoms with Gasteiger partial charge in [0, 0.05) is 17.8 Å². The molecule has 4 aliphatic carbocycles. The summed E-state index contributed by atoms with van der Waals surface area (Å²) in [6.45, 7) is 19.4. The molecule has 174 valence electrons. The molecule has 0 amide bonds. The number of hydrogen-bond acceptors (Lipinski definition) is 1. The fourth-order valence-electron chi connectivity index (χ4n) is 9.40. The molecule has 0 spiro atoms. The van der Waals surface area contributed by atoms with Crippen LogP contribution in [0.1, 0.15) is 120 Å². The molecule has 0 aromatic rings. The first kappa shape index (κ1) is 23.3. The van der Waals surface area contributed by atoms with E-state index in [1.54, 1.807) is 5.57 Å². The lowest BCUT2D eigenvalue weighted by atomic mass is 9.43. The number of fused-ring (bicyclic) bond motifs is 4. The number of Topliss-reactive ketones (excluding diaryl/α,β-unsaturated/α-hetero) is 1. The Morgan fingerprint density at radius 3 is 2.42 bits per heavy atom. The van der Waals surface area contributed by atoms with Gasteiger partial charge in [-0.05, 0) is 93.3 Å². The van der Waals surface area contributed by atoms with Crippen molar-refractivity contribution >= 4 is 5.78 Å². The van der Waals surface area contributed by atoms with Gasteiger partial charge in [0.05, 0.1) is 0 Å². The summed E-state index contributed by atoms with van der Waals surface area (Å²) >= 11 is 0. The summed E-state index contributed by atoms with van der Waals surface area (Å²) in [5.74, 6) is 2.11. The molecule has 6 atom stereocenters. The molecular weight excluding hydrogens is 376 g/mol. The van der Waals surface area contributed by atoms with Crippen molar-refractivity contribution < 1.29 is 4.79 Å². The van der Waals surface area contributed by atoms with Crippen LogP contribution in [-0.2, 0) is 4.79 Å². The third-order valence-electron chi connectivity index (χ3n) is 11.1. The number of carbonyl (C=O) groups is 1. The number of hydrogen-bond donors (Lipinski definition) is 0. The highest BCUT2D eigenvalue weighted by Gasteiger charge is 2.65.